The van der Waals surface area contributed by atoms with Crippen LogP contribution in [-0.2, 0) is 17.9 Å². The summed E-state index contributed by atoms with van der Waals surface area (Å²) >= 11 is 6.06. The minimum absolute atomic E-state index is 0.0395. The highest BCUT2D eigenvalue weighted by Gasteiger charge is 2.16. The molecule has 7 nitrogen and oxygen atoms in total. The summed E-state index contributed by atoms with van der Waals surface area (Å²) in [4.78, 5) is 39.3. The molecule has 0 bridgehead atoms. The van der Waals surface area contributed by atoms with Crippen molar-refractivity contribution in [3.63, 3.8) is 0 Å². The van der Waals surface area contributed by atoms with Gasteiger partial charge in [0.1, 0.15) is 12.3 Å². The summed E-state index contributed by atoms with van der Waals surface area (Å²) in [6.07, 6.45) is 0. The minimum atomic E-state index is -0.577. The molecule has 0 saturated carbocycles. The number of ether oxygens (including phenoxy) is 1. The molecule has 1 aromatic heterocycles. The van der Waals surface area contributed by atoms with E-state index in [0.717, 1.165) is 4.57 Å². The number of nitrogens with zero attached hydrogens (tertiary/aromatic N) is 2. The highest BCUT2D eigenvalue weighted by Crippen LogP contribution is 2.23. The van der Waals surface area contributed by atoms with Gasteiger partial charge in [0.2, 0.25) is 5.91 Å². The van der Waals surface area contributed by atoms with E-state index in [2.05, 4.69) is 5.32 Å². The summed E-state index contributed by atoms with van der Waals surface area (Å²) in [5.41, 5.74) is 0.608. The molecule has 0 aliphatic heterocycles. The Morgan fingerprint density at radius 2 is 1.73 bits per heavy atom. The number of para-hydroxylation sites is 3. The van der Waals surface area contributed by atoms with E-state index in [1.807, 2.05) is 13.0 Å². The van der Waals surface area contributed by atoms with Crippen molar-refractivity contribution in [2.75, 3.05) is 11.9 Å². The molecule has 0 spiro atoms. The molecule has 1 N–H and O–H groups in total. The summed E-state index contributed by atoms with van der Waals surface area (Å²) in [5, 5.41) is 3.66. The zero-order valence-electron chi connectivity index (χ0n) is 18.0. The number of benzene rings is 3. The van der Waals surface area contributed by atoms with Crippen molar-refractivity contribution < 1.29 is 9.53 Å². The number of carbonyl (C=O) groups is 1. The third-order valence-corrected chi connectivity index (χ3v) is 5.36. The van der Waals surface area contributed by atoms with Crippen molar-refractivity contribution in [3.8, 4) is 5.75 Å². The zero-order valence-corrected chi connectivity index (χ0v) is 18.7. The Bertz CT molecular complexity index is 1440. The van der Waals surface area contributed by atoms with Crippen molar-refractivity contribution in [1.82, 2.24) is 9.13 Å². The van der Waals surface area contributed by atoms with Crippen LogP contribution in [0.5, 0.6) is 5.75 Å². The summed E-state index contributed by atoms with van der Waals surface area (Å²) in [6, 6.07) is 20.8. The largest absolute Gasteiger partial charge is 0.492 e. The zero-order chi connectivity index (χ0) is 23.4. The molecule has 0 aliphatic carbocycles. The van der Waals surface area contributed by atoms with Gasteiger partial charge in [-0.15, -0.1) is 0 Å². The first-order valence-electron chi connectivity index (χ1n) is 10.5. The van der Waals surface area contributed by atoms with Crippen LogP contribution in [0.1, 0.15) is 12.5 Å². The Morgan fingerprint density at radius 1 is 0.970 bits per heavy atom. The number of rotatable bonds is 7. The van der Waals surface area contributed by atoms with Crippen LogP contribution in [0.2, 0.25) is 5.02 Å². The number of amides is 1. The van der Waals surface area contributed by atoms with Crippen molar-refractivity contribution >= 4 is 34.1 Å². The molecule has 0 fully saturated rings. The molecule has 168 valence electrons. The molecular formula is C25H22ClN3O4. The van der Waals surface area contributed by atoms with Crippen LogP contribution in [0.4, 0.5) is 5.69 Å². The highest BCUT2D eigenvalue weighted by atomic mass is 35.5. The van der Waals surface area contributed by atoms with Crippen LogP contribution in [0, 0.1) is 0 Å². The third kappa shape index (κ3) is 4.83. The van der Waals surface area contributed by atoms with Gasteiger partial charge in [-0.25, -0.2) is 4.79 Å². The summed E-state index contributed by atoms with van der Waals surface area (Å²) in [5.74, 6) is 0.124. The quantitative estimate of drug-likeness (QED) is 0.450. The Labute approximate surface area is 194 Å². The Balaban J connectivity index is 1.73. The fraction of sp³-hybridized carbons (Fsp3) is 0.160. The first-order valence-corrected chi connectivity index (χ1v) is 10.8. The van der Waals surface area contributed by atoms with E-state index in [1.165, 1.54) is 4.57 Å². The number of carbonyl (C=O) groups excluding carboxylic acids is 1. The second kappa shape index (κ2) is 9.75. The predicted octanol–water partition coefficient (Wildman–Crippen LogP) is 3.90. The number of hydrogen-bond acceptors (Lipinski definition) is 4. The lowest BCUT2D eigenvalue weighted by Crippen LogP contribution is -2.42. The lowest BCUT2D eigenvalue weighted by Gasteiger charge is -2.15. The second-order valence-corrected chi connectivity index (χ2v) is 7.82. The SMILES string of the molecule is CCOc1ccccc1NC(=O)Cn1c(=O)n(Cc2cccc(Cl)c2)c(=O)c2ccccc21. The molecular weight excluding hydrogens is 442 g/mol. The molecule has 4 aromatic rings. The van der Waals surface area contributed by atoms with Gasteiger partial charge in [0.15, 0.2) is 0 Å². The van der Waals surface area contributed by atoms with Gasteiger partial charge in [-0.05, 0) is 48.9 Å². The lowest BCUT2D eigenvalue weighted by molar-refractivity contribution is -0.116. The van der Waals surface area contributed by atoms with Gasteiger partial charge in [0.25, 0.3) is 5.56 Å². The van der Waals surface area contributed by atoms with Crippen LogP contribution >= 0.6 is 11.6 Å². The average molecular weight is 464 g/mol. The standard InChI is InChI=1S/C25H22ClN3O4/c1-2-33-22-13-6-4-11-20(22)27-23(30)16-28-21-12-5-3-10-19(21)24(31)29(25(28)32)15-17-8-7-9-18(26)14-17/h3-14H,2,15-16H2,1H3,(H,27,30). The molecule has 0 aliphatic rings. The van der Waals surface area contributed by atoms with Crippen molar-refractivity contribution in [1.29, 1.82) is 0 Å². The molecule has 33 heavy (non-hydrogen) atoms. The number of anilines is 1. The Morgan fingerprint density at radius 3 is 2.52 bits per heavy atom. The van der Waals surface area contributed by atoms with Gasteiger partial charge in [-0.3, -0.25) is 18.7 Å². The molecule has 4 rings (SSSR count). The minimum Gasteiger partial charge on any atom is -0.492 e. The van der Waals surface area contributed by atoms with Gasteiger partial charge in [-0.2, -0.15) is 0 Å². The average Bonchev–Trinajstić information content (AvgIpc) is 2.81. The van der Waals surface area contributed by atoms with Crippen molar-refractivity contribution in [3.05, 3.63) is 104 Å². The van der Waals surface area contributed by atoms with Crippen LogP contribution in [-0.4, -0.2) is 21.6 Å². The molecule has 8 heteroatoms. The first kappa shape index (κ1) is 22.4. The van der Waals surface area contributed by atoms with Crippen molar-refractivity contribution in [2.45, 2.75) is 20.0 Å². The summed E-state index contributed by atoms with van der Waals surface area (Å²) < 4.78 is 7.98. The first-order chi connectivity index (χ1) is 16.0. The summed E-state index contributed by atoms with van der Waals surface area (Å²) in [6.45, 7) is 2.08. The number of hydrogen-bond donors (Lipinski definition) is 1. The smallest absolute Gasteiger partial charge is 0.332 e. The van der Waals surface area contributed by atoms with E-state index < -0.39 is 17.2 Å². The van der Waals surface area contributed by atoms with Gasteiger partial charge in [0, 0.05) is 5.02 Å². The second-order valence-electron chi connectivity index (χ2n) is 7.38. The Kier molecular flexibility index (Phi) is 6.60. The Hall–Kier alpha value is -3.84. The monoisotopic (exact) mass is 463 g/mol. The molecule has 0 atom stereocenters. The maximum absolute atomic E-state index is 13.3. The van der Waals surface area contributed by atoms with E-state index in [0.29, 0.717) is 39.5 Å². The van der Waals surface area contributed by atoms with Crippen LogP contribution < -0.4 is 21.3 Å². The summed E-state index contributed by atoms with van der Waals surface area (Å²) in [7, 11) is 0. The van der Waals surface area contributed by atoms with Gasteiger partial charge in [0.05, 0.1) is 29.7 Å². The van der Waals surface area contributed by atoms with E-state index in [-0.39, 0.29) is 13.1 Å². The maximum atomic E-state index is 13.3. The van der Waals surface area contributed by atoms with Gasteiger partial charge >= 0.3 is 5.69 Å². The number of halogens is 1. The predicted molar refractivity (Wildman–Crippen MR) is 129 cm³/mol. The molecule has 3 aromatic carbocycles. The number of fused-ring (bicyclic) bond motifs is 1. The topological polar surface area (TPSA) is 82.3 Å². The van der Waals surface area contributed by atoms with E-state index in [1.54, 1.807) is 66.7 Å². The fourth-order valence-corrected chi connectivity index (χ4v) is 3.88. The number of nitrogens with one attached hydrogen (secondary N) is 1. The van der Waals surface area contributed by atoms with Crippen LogP contribution in [0.3, 0.4) is 0 Å². The molecule has 0 radical (unpaired) electrons. The molecule has 1 heterocycles. The lowest BCUT2D eigenvalue weighted by atomic mass is 10.2. The van der Waals surface area contributed by atoms with E-state index in [4.69, 9.17) is 16.3 Å². The van der Waals surface area contributed by atoms with Gasteiger partial charge < -0.3 is 10.1 Å². The van der Waals surface area contributed by atoms with Gasteiger partial charge in [-0.1, -0.05) is 48.0 Å². The van der Waals surface area contributed by atoms with Crippen molar-refractivity contribution in [2.24, 2.45) is 0 Å². The molecule has 0 saturated heterocycles. The van der Waals surface area contributed by atoms with E-state index in [9.17, 15) is 14.4 Å². The fourth-order valence-electron chi connectivity index (χ4n) is 3.67. The van der Waals surface area contributed by atoms with E-state index >= 15 is 0 Å². The highest BCUT2D eigenvalue weighted by molar-refractivity contribution is 6.30. The normalized spacial score (nSPS) is 10.8. The molecule has 0 unspecified atom stereocenters. The van der Waals surface area contributed by atoms with Crippen LogP contribution in [0.25, 0.3) is 10.9 Å². The maximum Gasteiger partial charge on any atom is 0.332 e. The van der Waals surface area contributed by atoms with Crippen LogP contribution in [0.15, 0.2) is 82.4 Å². The molecule has 1 amide bonds. The third-order valence-electron chi connectivity index (χ3n) is 5.12. The number of aromatic nitrogens is 2.